The molecule has 4 unspecified atom stereocenters. The first-order chi connectivity index (χ1) is 26.6. The lowest BCUT2D eigenvalue weighted by Crippen LogP contribution is -2.56. The number of hydrogen-bond donors (Lipinski definition) is 4. The number of Topliss-reactive ketones (excluding diaryl/α,β-unsaturated/α-hetero) is 1. The summed E-state index contributed by atoms with van der Waals surface area (Å²) in [5.74, 6) is -0.0538. The number of carbonyl (C=O) groups excluding carboxylic acids is 4. The lowest BCUT2D eigenvalue weighted by atomic mass is 9.80. The lowest BCUT2D eigenvalue weighted by molar-refractivity contribution is -0.140. The van der Waals surface area contributed by atoms with E-state index in [1.54, 1.807) is 0 Å². The Labute approximate surface area is 341 Å². The molecule has 0 aromatic carbocycles. The van der Waals surface area contributed by atoms with E-state index in [9.17, 15) is 19.2 Å². The fraction of sp³-hybridized carbons (Fsp3) is 0.739. The molecule has 10 nitrogen and oxygen atoms in total. The first kappa shape index (κ1) is 48.6. The van der Waals surface area contributed by atoms with Crippen LogP contribution in [0.1, 0.15) is 152 Å². The highest BCUT2D eigenvalue weighted by Crippen LogP contribution is 2.35. The van der Waals surface area contributed by atoms with Gasteiger partial charge in [0.05, 0.1) is 23.9 Å². The summed E-state index contributed by atoms with van der Waals surface area (Å²) in [4.78, 5) is 57.1. The second-order valence-corrected chi connectivity index (χ2v) is 17.6. The molecule has 0 aromatic rings. The van der Waals surface area contributed by atoms with E-state index in [0.717, 1.165) is 63.5 Å². The smallest absolute Gasteiger partial charge is 0.289 e. The minimum absolute atomic E-state index is 0.0586. The Morgan fingerprint density at radius 1 is 0.929 bits per heavy atom. The van der Waals surface area contributed by atoms with E-state index in [0.29, 0.717) is 50.0 Å². The third-order valence-electron chi connectivity index (χ3n) is 12.0. The largest absolute Gasteiger partial charge is 0.367 e. The molecule has 0 bridgehead atoms. The fourth-order valence-electron chi connectivity index (χ4n) is 7.86. The molecule has 4 aliphatic rings. The molecular formula is C46H80N6O4. The zero-order valence-corrected chi connectivity index (χ0v) is 36.9. The second kappa shape index (κ2) is 23.6. The van der Waals surface area contributed by atoms with Crippen molar-refractivity contribution in [3.8, 4) is 0 Å². The van der Waals surface area contributed by atoms with Crippen LogP contribution in [0, 0.1) is 22.7 Å². The lowest BCUT2D eigenvalue weighted by Gasteiger charge is -2.43. The Balaban J connectivity index is 0.00000206. The molecule has 2 saturated carbocycles. The summed E-state index contributed by atoms with van der Waals surface area (Å²) in [5, 5.41) is 12.9. The van der Waals surface area contributed by atoms with Crippen LogP contribution >= 0.6 is 0 Å². The Bertz CT molecular complexity index is 1340. The number of rotatable bonds is 18. The van der Waals surface area contributed by atoms with Crippen molar-refractivity contribution in [1.29, 1.82) is 0 Å². The second-order valence-electron chi connectivity index (χ2n) is 17.6. The number of ketones is 1. The van der Waals surface area contributed by atoms with E-state index < -0.39 is 23.8 Å². The summed E-state index contributed by atoms with van der Waals surface area (Å²) in [7, 11) is 0. The SMILES string of the molecule is C=CCNC(=O)C(=O)C(CC1CCC1)NC(=O)C1CCCN1C(=C)C(NC(=C)NC1CN(C(=O)CC(C)(C)CC)C=CC1(C)C)C1CCCCC1.CC.CCC. The monoisotopic (exact) mass is 781 g/mol. The molecular weight excluding hydrogens is 701 g/mol. The third-order valence-corrected chi connectivity index (χ3v) is 12.0. The Morgan fingerprint density at radius 2 is 1.57 bits per heavy atom. The van der Waals surface area contributed by atoms with Gasteiger partial charge >= 0.3 is 0 Å². The zero-order chi connectivity index (χ0) is 42.1. The Hall–Kier alpha value is -3.56. The molecule has 4 N–H and O–H groups in total. The van der Waals surface area contributed by atoms with Crippen LogP contribution in [0.2, 0.25) is 0 Å². The minimum Gasteiger partial charge on any atom is -0.367 e. The molecule has 56 heavy (non-hydrogen) atoms. The first-order valence-electron chi connectivity index (χ1n) is 22.0. The van der Waals surface area contributed by atoms with Crippen molar-refractivity contribution < 1.29 is 19.2 Å². The van der Waals surface area contributed by atoms with Gasteiger partial charge in [-0.2, -0.15) is 0 Å². The normalized spacial score (nSPS) is 21.7. The molecule has 2 aliphatic carbocycles. The van der Waals surface area contributed by atoms with Crippen LogP contribution in [0.3, 0.4) is 0 Å². The molecule has 0 aromatic heterocycles. The Kier molecular flexibility index (Phi) is 20.5. The molecule has 0 spiro atoms. The van der Waals surface area contributed by atoms with Crippen molar-refractivity contribution >= 4 is 23.5 Å². The van der Waals surface area contributed by atoms with Crippen LogP contribution in [-0.4, -0.2) is 77.1 Å². The number of nitrogens with one attached hydrogen (secondary N) is 4. The summed E-state index contributed by atoms with van der Waals surface area (Å²) in [6, 6.07) is -1.53. The minimum atomic E-state index is -0.855. The molecule has 4 atom stereocenters. The van der Waals surface area contributed by atoms with E-state index in [1.807, 2.05) is 24.9 Å². The standard InChI is InChI=1S/C41H66N6O4.C3H8.C2H6/c1-9-22-42-39(51)37(49)32(25-30-16-14-17-30)45-38(50)33-20-15-23-47(33)28(3)36(31-18-12-11-13-19-31)44-29(4)43-34-27-46(24-21-41(34,7)8)35(48)26-40(5,6)10-2;1-3-2;1-2/h9,21,24,30-34,36,43-44H,1,3-4,10-20,22-23,25-27H2,2,5-8H3,(H,42,51)(H,45,50);3H2,1-2H3;1-2H3. The average molecular weight is 781 g/mol. The van der Waals surface area contributed by atoms with Gasteiger partial charge in [-0.1, -0.05) is 139 Å². The molecule has 1 saturated heterocycles. The maximum absolute atomic E-state index is 14.0. The zero-order valence-electron chi connectivity index (χ0n) is 36.9. The van der Waals surface area contributed by atoms with E-state index in [1.165, 1.54) is 18.9 Å². The van der Waals surface area contributed by atoms with E-state index in [-0.39, 0.29) is 41.3 Å². The quantitative estimate of drug-likeness (QED) is 0.0819. The van der Waals surface area contributed by atoms with Gasteiger partial charge in [0.15, 0.2) is 0 Å². The van der Waals surface area contributed by atoms with Crippen LogP contribution < -0.4 is 21.3 Å². The molecule has 10 heteroatoms. The molecule has 3 fully saturated rings. The van der Waals surface area contributed by atoms with Gasteiger partial charge in [0.1, 0.15) is 6.04 Å². The highest BCUT2D eigenvalue weighted by molar-refractivity contribution is 6.38. The topological polar surface area (TPSA) is 123 Å². The third kappa shape index (κ3) is 14.4. The van der Waals surface area contributed by atoms with Crippen molar-refractivity contribution in [3.63, 3.8) is 0 Å². The van der Waals surface area contributed by atoms with Crippen LogP contribution in [0.4, 0.5) is 0 Å². The predicted octanol–water partition coefficient (Wildman–Crippen LogP) is 8.13. The van der Waals surface area contributed by atoms with Gasteiger partial charge in [-0.15, -0.1) is 6.58 Å². The van der Waals surface area contributed by atoms with Crippen LogP contribution in [0.25, 0.3) is 0 Å². The van der Waals surface area contributed by atoms with Gasteiger partial charge in [-0.05, 0) is 49.4 Å². The van der Waals surface area contributed by atoms with Crippen molar-refractivity contribution in [1.82, 2.24) is 31.1 Å². The van der Waals surface area contributed by atoms with Gasteiger partial charge in [-0.25, -0.2) is 0 Å². The van der Waals surface area contributed by atoms with E-state index >= 15 is 0 Å². The van der Waals surface area contributed by atoms with Gasteiger partial charge < -0.3 is 31.1 Å². The average Bonchev–Trinajstić information content (AvgIpc) is 3.66. The fourth-order valence-corrected chi connectivity index (χ4v) is 7.86. The summed E-state index contributed by atoms with van der Waals surface area (Å²) in [5.41, 5.74) is 0.582. The highest BCUT2D eigenvalue weighted by Gasteiger charge is 2.40. The first-order valence-corrected chi connectivity index (χ1v) is 22.0. The summed E-state index contributed by atoms with van der Waals surface area (Å²) in [6.07, 6.45) is 18.9. The number of likely N-dealkylation sites (tertiary alicyclic amines) is 1. The Morgan fingerprint density at radius 3 is 2.14 bits per heavy atom. The van der Waals surface area contributed by atoms with Crippen molar-refractivity contribution in [2.75, 3.05) is 19.6 Å². The summed E-state index contributed by atoms with van der Waals surface area (Å²) < 4.78 is 0. The molecule has 2 aliphatic heterocycles. The maximum Gasteiger partial charge on any atom is 0.289 e. The van der Waals surface area contributed by atoms with Crippen LogP contribution in [0.15, 0.2) is 49.6 Å². The summed E-state index contributed by atoms with van der Waals surface area (Å²) in [6.45, 7) is 33.0. The van der Waals surface area contributed by atoms with Gasteiger partial charge in [0.2, 0.25) is 17.6 Å². The molecule has 0 radical (unpaired) electrons. The molecule has 2 heterocycles. The van der Waals surface area contributed by atoms with Gasteiger partial charge in [0, 0.05) is 43.4 Å². The summed E-state index contributed by atoms with van der Waals surface area (Å²) >= 11 is 0. The van der Waals surface area contributed by atoms with E-state index in [2.05, 4.69) is 100 Å². The van der Waals surface area contributed by atoms with Crippen molar-refractivity contribution in [2.24, 2.45) is 22.7 Å². The number of hydrogen-bond acceptors (Lipinski definition) is 7. The number of amides is 3. The van der Waals surface area contributed by atoms with Gasteiger partial charge in [-0.3, -0.25) is 19.2 Å². The van der Waals surface area contributed by atoms with Gasteiger partial charge in [0.25, 0.3) is 5.91 Å². The number of nitrogens with zero attached hydrogens (tertiary/aromatic N) is 2. The predicted molar refractivity (Wildman–Crippen MR) is 231 cm³/mol. The van der Waals surface area contributed by atoms with Crippen LogP contribution in [-0.2, 0) is 19.2 Å². The van der Waals surface area contributed by atoms with Crippen molar-refractivity contribution in [2.45, 2.75) is 176 Å². The highest BCUT2D eigenvalue weighted by atomic mass is 16.2. The molecule has 318 valence electrons. The molecule has 4 rings (SSSR count). The van der Waals surface area contributed by atoms with E-state index in [4.69, 9.17) is 0 Å². The van der Waals surface area contributed by atoms with Crippen molar-refractivity contribution in [3.05, 3.63) is 49.6 Å². The number of carbonyl (C=O) groups is 4. The molecule has 3 amide bonds. The van der Waals surface area contributed by atoms with Crippen LogP contribution in [0.5, 0.6) is 0 Å². The maximum atomic E-state index is 14.0.